The lowest BCUT2D eigenvalue weighted by Crippen LogP contribution is -2.56. The summed E-state index contributed by atoms with van der Waals surface area (Å²) in [6.45, 7) is 6.28. The van der Waals surface area contributed by atoms with Gasteiger partial charge in [0.2, 0.25) is 5.88 Å². The zero-order valence-electron chi connectivity index (χ0n) is 14.9. The van der Waals surface area contributed by atoms with Gasteiger partial charge in [-0.05, 0) is 43.2 Å². The van der Waals surface area contributed by atoms with Crippen LogP contribution in [0.5, 0.6) is 17.4 Å². The van der Waals surface area contributed by atoms with E-state index >= 15 is 0 Å². The van der Waals surface area contributed by atoms with Gasteiger partial charge in [-0.3, -0.25) is 4.79 Å². The van der Waals surface area contributed by atoms with Crippen LogP contribution in [-0.4, -0.2) is 29.6 Å². The Balaban J connectivity index is 1.86. The molecule has 2 aromatic rings. The van der Waals surface area contributed by atoms with E-state index in [0.29, 0.717) is 23.9 Å². The highest BCUT2D eigenvalue weighted by atomic mass is 16.5. The van der Waals surface area contributed by atoms with Crippen LogP contribution < -0.4 is 20.5 Å². The fourth-order valence-electron chi connectivity index (χ4n) is 2.07. The van der Waals surface area contributed by atoms with Crippen LogP contribution in [0.4, 0.5) is 0 Å². The Labute approximate surface area is 148 Å². The number of nitrogens with two attached hydrogens (primary N) is 1. The largest absolute Gasteiger partial charge is 0.484 e. The first-order chi connectivity index (χ1) is 11.9. The lowest BCUT2D eigenvalue weighted by molar-refractivity contribution is -0.125. The molecule has 0 spiro atoms. The van der Waals surface area contributed by atoms with Crippen molar-refractivity contribution in [1.82, 2.24) is 10.3 Å². The molecular formula is C19H25N3O3. The minimum Gasteiger partial charge on any atom is -0.484 e. The molecule has 0 saturated heterocycles. The summed E-state index contributed by atoms with van der Waals surface area (Å²) >= 11 is 0. The predicted octanol–water partition coefficient (Wildman–Crippen LogP) is 2.74. The van der Waals surface area contributed by atoms with Crippen molar-refractivity contribution in [2.24, 2.45) is 11.7 Å². The van der Waals surface area contributed by atoms with Gasteiger partial charge in [0.05, 0.1) is 5.54 Å². The molecule has 1 atom stereocenters. The average molecular weight is 343 g/mol. The topological polar surface area (TPSA) is 86.5 Å². The van der Waals surface area contributed by atoms with Gasteiger partial charge in [-0.25, -0.2) is 4.98 Å². The number of rotatable bonds is 8. The molecule has 1 aromatic heterocycles. The summed E-state index contributed by atoms with van der Waals surface area (Å²) in [5.74, 6) is 1.78. The second-order valence-corrected chi connectivity index (χ2v) is 6.35. The Morgan fingerprint density at radius 3 is 2.44 bits per heavy atom. The number of carbonyl (C=O) groups excluding carboxylic acids is 1. The smallest absolute Gasteiger partial charge is 0.258 e. The normalized spacial score (nSPS) is 13.2. The summed E-state index contributed by atoms with van der Waals surface area (Å²) in [5, 5.41) is 2.93. The number of amides is 1. The van der Waals surface area contributed by atoms with E-state index in [1.54, 1.807) is 36.5 Å². The fraction of sp³-hybridized carbons (Fsp3) is 0.368. The third kappa shape index (κ3) is 5.46. The van der Waals surface area contributed by atoms with Crippen LogP contribution in [0.15, 0.2) is 48.7 Å². The van der Waals surface area contributed by atoms with Crippen LogP contribution in [0, 0.1) is 5.92 Å². The Hall–Kier alpha value is -2.60. The van der Waals surface area contributed by atoms with Crippen LogP contribution in [-0.2, 0) is 4.79 Å². The number of nitrogens with zero attached hydrogens (tertiary/aromatic N) is 1. The summed E-state index contributed by atoms with van der Waals surface area (Å²) in [6.07, 6.45) is 1.66. The van der Waals surface area contributed by atoms with Gasteiger partial charge in [0.1, 0.15) is 11.5 Å². The standard InChI is InChI=1S/C19H25N3O3/c1-14(2)19(3,13-20)22-17(23)12-24-15-7-9-16(10-8-15)25-18-6-4-5-11-21-18/h4-11,14H,12-13,20H2,1-3H3,(H,22,23). The van der Waals surface area contributed by atoms with Gasteiger partial charge in [0, 0.05) is 18.8 Å². The maximum atomic E-state index is 12.1. The Morgan fingerprint density at radius 1 is 1.20 bits per heavy atom. The van der Waals surface area contributed by atoms with Crippen molar-refractivity contribution in [3.63, 3.8) is 0 Å². The van der Waals surface area contributed by atoms with E-state index in [1.165, 1.54) is 0 Å². The fourth-order valence-corrected chi connectivity index (χ4v) is 2.07. The summed E-state index contributed by atoms with van der Waals surface area (Å²) in [4.78, 5) is 16.2. The van der Waals surface area contributed by atoms with Gasteiger partial charge in [0.25, 0.3) is 5.91 Å². The monoisotopic (exact) mass is 343 g/mol. The van der Waals surface area contributed by atoms with Crippen molar-refractivity contribution < 1.29 is 14.3 Å². The molecule has 0 saturated carbocycles. The number of hydrogen-bond donors (Lipinski definition) is 2. The van der Waals surface area contributed by atoms with Gasteiger partial charge in [-0.15, -0.1) is 0 Å². The van der Waals surface area contributed by atoms with Crippen molar-refractivity contribution in [2.75, 3.05) is 13.2 Å². The van der Waals surface area contributed by atoms with E-state index in [1.807, 2.05) is 32.9 Å². The number of benzene rings is 1. The van der Waals surface area contributed by atoms with Crippen LogP contribution >= 0.6 is 0 Å². The molecule has 3 N–H and O–H groups in total. The molecule has 0 radical (unpaired) electrons. The number of nitrogens with one attached hydrogen (secondary N) is 1. The van der Waals surface area contributed by atoms with E-state index in [4.69, 9.17) is 15.2 Å². The molecule has 1 aromatic carbocycles. The van der Waals surface area contributed by atoms with Crippen molar-refractivity contribution in [3.8, 4) is 17.4 Å². The van der Waals surface area contributed by atoms with E-state index in [-0.39, 0.29) is 18.4 Å². The van der Waals surface area contributed by atoms with E-state index in [0.717, 1.165) is 0 Å². The summed E-state index contributed by atoms with van der Waals surface area (Å²) in [5.41, 5.74) is 5.33. The van der Waals surface area contributed by atoms with Crippen LogP contribution in [0.3, 0.4) is 0 Å². The quantitative estimate of drug-likeness (QED) is 0.770. The zero-order valence-corrected chi connectivity index (χ0v) is 14.9. The molecule has 0 bridgehead atoms. The van der Waals surface area contributed by atoms with Crippen LogP contribution in [0.2, 0.25) is 0 Å². The van der Waals surface area contributed by atoms with Crippen molar-refractivity contribution in [1.29, 1.82) is 0 Å². The average Bonchev–Trinajstić information content (AvgIpc) is 2.61. The zero-order chi connectivity index (χ0) is 18.3. The van der Waals surface area contributed by atoms with Gasteiger partial charge in [-0.2, -0.15) is 0 Å². The first-order valence-corrected chi connectivity index (χ1v) is 8.26. The van der Waals surface area contributed by atoms with Crippen molar-refractivity contribution in [2.45, 2.75) is 26.3 Å². The maximum absolute atomic E-state index is 12.1. The molecule has 0 aliphatic rings. The van der Waals surface area contributed by atoms with Crippen molar-refractivity contribution in [3.05, 3.63) is 48.7 Å². The highest BCUT2D eigenvalue weighted by Crippen LogP contribution is 2.22. The Bertz CT molecular complexity index is 674. The molecular weight excluding hydrogens is 318 g/mol. The molecule has 6 heteroatoms. The molecule has 2 rings (SSSR count). The van der Waals surface area contributed by atoms with E-state index in [2.05, 4.69) is 10.3 Å². The molecule has 0 fully saturated rings. The SMILES string of the molecule is CC(C)C(C)(CN)NC(=O)COc1ccc(Oc2ccccn2)cc1. The maximum Gasteiger partial charge on any atom is 0.258 e. The number of ether oxygens (including phenoxy) is 2. The molecule has 134 valence electrons. The van der Waals surface area contributed by atoms with E-state index < -0.39 is 5.54 Å². The third-order valence-corrected chi connectivity index (χ3v) is 4.18. The predicted molar refractivity (Wildman–Crippen MR) is 96.7 cm³/mol. The minimum atomic E-state index is -0.444. The molecule has 25 heavy (non-hydrogen) atoms. The Morgan fingerprint density at radius 2 is 1.88 bits per heavy atom. The third-order valence-electron chi connectivity index (χ3n) is 4.18. The van der Waals surface area contributed by atoms with Gasteiger partial charge in [0.15, 0.2) is 6.61 Å². The highest BCUT2D eigenvalue weighted by Gasteiger charge is 2.28. The highest BCUT2D eigenvalue weighted by molar-refractivity contribution is 5.78. The molecule has 1 heterocycles. The molecule has 1 amide bonds. The summed E-state index contributed by atoms with van der Waals surface area (Å²) < 4.78 is 11.1. The molecule has 0 aliphatic carbocycles. The first kappa shape index (κ1) is 18.7. The van der Waals surface area contributed by atoms with Gasteiger partial charge >= 0.3 is 0 Å². The van der Waals surface area contributed by atoms with Gasteiger partial charge in [-0.1, -0.05) is 19.9 Å². The second kappa shape index (κ2) is 8.48. The molecule has 6 nitrogen and oxygen atoms in total. The number of pyridine rings is 1. The lowest BCUT2D eigenvalue weighted by Gasteiger charge is -2.33. The molecule has 1 unspecified atom stereocenters. The molecule has 0 aliphatic heterocycles. The van der Waals surface area contributed by atoms with Crippen LogP contribution in [0.1, 0.15) is 20.8 Å². The minimum absolute atomic E-state index is 0.0667. The number of hydrogen-bond acceptors (Lipinski definition) is 5. The summed E-state index contributed by atoms with van der Waals surface area (Å²) in [6, 6.07) is 12.5. The Kier molecular flexibility index (Phi) is 6.36. The van der Waals surface area contributed by atoms with Crippen molar-refractivity contribution >= 4 is 5.91 Å². The lowest BCUT2D eigenvalue weighted by atomic mass is 9.88. The number of aromatic nitrogens is 1. The first-order valence-electron chi connectivity index (χ1n) is 8.26. The van der Waals surface area contributed by atoms with Gasteiger partial charge < -0.3 is 20.5 Å². The second-order valence-electron chi connectivity index (χ2n) is 6.35. The van der Waals surface area contributed by atoms with E-state index in [9.17, 15) is 4.79 Å². The summed E-state index contributed by atoms with van der Waals surface area (Å²) in [7, 11) is 0. The van der Waals surface area contributed by atoms with Crippen LogP contribution in [0.25, 0.3) is 0 Å². The number of carbonyl (C=O) groups is 1.